The Kier molecular flexibility index (Phi) is 2.25. The van der Waals surface area contributed by atoms with Crippen molar-refractivity contribution in [3.8, 4) is 17.0 Å². The van der Waals surface area contributed by atoms with E-state index in [2.05, 4.69) is 4.98 Å². The second-order valence-corrected chi connectivity index (χ2v) is 3.23. The van der Waals surface area contributed by atoms with Crippen molar-refractivity contribution in [1.82, 2.24) is 9.55 Å². The molecule has 1 aromatic carbocycles. The number of aryl methyl sites for hydroxylation is 1. The number of phenols is 1. The normalized spacial score (nSPS) is 10.2. The van der Waals surface area contributed by atoms with E-state index in [4.69, 9.17) is 0 Å². The molecule has 1 heterocycles. The van der Waals surface area contributed by atoms with Gasteiger partial charge in [0, 0.05) is 18.8 Å². The molecule has 0 spiro atoms. The molecule has 4 nitrogen and oxygen atoms in total. The number of aldehydes is 1. The summed E-state index contributed by atoms with van der Waals surface area (Å²) in [7, 11) is 1.74. The van der Waals surface area contributed by atoms with Crippen LogP contribution in [0.15, 0.2) is 30.5 Å². The summed E-state index contributed by atoms with van der Waals surface area (Å²) in [5, 5.41) is 9.60. The van der Waals surface area contributed by atoms with Gasteiger partial charge in [-0.2, -0.15) is 0 Å². The molecule has 1 aromatic heterocycles. The number of aromatic nitrogens is 2. The zero-order chi connectivity index (χ0) is 10.8. The predicted molar refractivity (Wildman–Crippen MR) is 55.7 cm³/mol. The fraction of sp³-hybridized carbons (Fsp3) is 0.0909. The molecule has 0 radical (unpaired) electrons. The van der Waals surface area contributed by atoms with E-state index in [9.17, 15) is 9.90 Å². The molecule has 0 aliphatic carbocycles. The van der Waals surface area contributed by atoms with Gasteiger partial charge in [0.1, 0.15) is 5.75 Å². The summed E-state index contributed by atoms with van der Waals surface area (Å²) in [6.07, 6.45) is 2.39. The molecule has 0 aliphatic heterocycles. The Morgan fingerprint density at radius 1 is 1.40 bits per heavy atom. The number of imidazole rings is 1. The molecular weight excluding hydrogens is 192 g/mol. The summed E-state index contributed by atoms with van der Waals surface area (Å²) in [6, 6.07) is 6.89. The third-order valence-electron chi connectivity index (χ3n) is 2.20. The van der Waals surface area contributed by atoms with E-state index in [0.717, 1.165) is 0 Å². The molecule has 0 bridgehead atoms. The van der Waals surface area contributed by atoms with Crippen molar-refractivity contribution >= 4 is 6.29 Å². The number of rotatable bonds is 2. The Morgan fingerprint density at radius 2 is 2.13 bits per heavy atom. The maximum Gasteiger partial charge on any atom is 0.185 e. The number of benzene rings is 1. The third-order valence-corrected chi connectivity index (χ3v) is 2.20. The molecule has 0 aliphatic rings. The highest BCUT2D eigenvalue weighted by molar-refractivity contribution is 5.74. The summed E-state index contributed by atoms with van der Waals surface area (Å²) >= 11 is 0. The van der Waals surface area contributed by atoms with Crippen LogP contribution in [0.25, 0.3) is 11.3 Å². The van der Waals surface area contributed by atoms with E-state index in [0.29, 0.717) is 23.4 Å². The number of aromatic hydroxyl groups is 1. The average molecular weight is 202 g/mol. The van der Waals surface area contributed by atoms with Gasteiger partial charge in [0.2, 0.25) is 0 Å². The SMILES string of the molecule is Cn1cc(-c2ccccc2O)nc1C=O. The number of hydrogen-bond acceptors (Lipinski definition) is 3. The van der Waals surface area contributed by atoms with Gasteiger partial charge in [-0.3, -0.25) is 4.79 Å². The van der Waals surface area contributed by atoms with Gasteiger partial charge in [0.15, 0.2) is 12.1 Å². The van der Waals surface area contributed by atoms with Crippen LogP contribution in [0.1, 0.15) is 10.6 Å². The third kappa shape index (κ3) is 1.61. The fourth-order valence-corrected chi connectivity index (χ4v) is 1.41. The monoisotopic (exact) mass is 202 g/mol. The van der Waals surface area contributed by atoms with Crippen LogP contribution < -0.4 is 0 Å². The quantitative estimate of drug-likeness (QED) is 0.752. The lowest BCUT2D eigenvalue weighted by Crippen LogP contribution is -1.92. The topological polar surface area (TPSA) is 55.1 Å². The van der Waals surface area contributed by atoms with Crippen molar-refractivity contribution in [3.05, 3.63) is 36.3 Å². The summed E-state index contributed by atoms with van der Waals surface area (Å²) in [5.74, 6) is 0.501. The Balaban J connectivity index is 2.55. The molecular formula is C11H10N2O2. The van der Waals surface area contributed by atoms with Crippen LogP contribution in [-0.2, 0) is 7.05 Å². The highest BCUT2D eigenvalue weighted by Crippen LogP contribution is 2.27. The van der Waals surface area contributed by atoms with Crippen LogP contribution in [0.4, 0.5) is 0 Å². The molecule has 0 fully saturated rings. The summed E-state index contributed by atoms with van der Waals surface area (Å²) in [4.78, 5) is 14.7. The van der Waals surface area contributed by atoms with Crippen LogP contribution >= 0.6 is 0 Å². The lowest BCUT2D eigenvalue weighted by Gasteiger charge is -1.98. The second-order valence-electron chi connectivity index (χ2n) is 3.23. The van der Waals surface area contributed by atoms with Gasteiger partial charge in [-0.1, -0.05) is 12.1 Å². The Hall–Kier alpha value is -2.10. The van der Waals surface area contributed by atoms with Gasteiger partial charge in [-0.15, -0.1) is 0 Å². The Labute approximate surface area is 86.8 Å². The standard InChI is InChI=1S/C11H10N2O2/c1-13-6-9(12-11(13)7-14)8-4-2-3-5-10(8)15/h2-7,15H,1H3. The Bertz CT molecular complexity index is 503. The van der Waals surface area contributed by atoms with E-state index in [1.54, 1.807) is 36.0 Å². The number of phenolic OH excluding ortho intramolecular Hbond substituents is 1. The molecule has 0 atom stereocenters. The van der Waals surface area contributed by atoms with Gasteiger partial charge in [0.25, 0.3) is 0 Å². The molecule has 1 N–H and O–H groups in total. The minimum atomic E-state index is 0.160. The van der Waals surface area contributed by atoms with E-state index in [1.807, 2.05) is 6.07 Å². The second kappa shape index (κ2) is 3.57. The van der Waals surface area contributed by atoms with Gasteiger partial charge in [-0.05, 0) is 12.1 Å². The molecule has 0 unspecified atom stereocenters. The Morgan fingerprint density at radius 3 is 2.73 bits per heavy atom. The van der Waals surface area contributed by atoms with E-state index < -0.39 is 0 Å². The molecule has 15 heavy (non-hydrogen) atoms. The smallest absolute Gasteiger partial charge is 0.185 e. The first-order valence-corrected chi connectivity index (χ1v) is 4.49. The predicted octanol–water partition coefficient (Wildman–Crippen LogP) is 1.61. The van der Waals surface area contributed by atoms with Crippen LogP contribution in [0, 0.1) is 0 Å². The lowest BCUT2D eigenvalue weighted by atomic mass is 10.1. The van der Waals surface area contributed by atoms with Crippen molar-refractivity contribution < 1.29 is 9.90 Å². The number of carbonyl (C=O) groups excluding carboxylic acids is 1. The maximum absolute atomic E-state index is 10.6. The zero-order valence-electron chi connectivity index (χ0n) is 8.21. The molecule has 0 saturated carbocycles. The molecule has 0 amide bonds. The largest absolute Gasteiger partial charge is 0.507 e. The minimum Gasteiger partial charge on any atom is -0.507 e. The first-order chi connectivity index (χ1) is 7.22. The van der Waals surface area contributed by atoms with E-state index in [-0.39, 0.29) is 5.75 Å². The van der Waals surface area contributed by atoms with Crippen molar-refractivity contribution in [1.29, 1.82) is 0 Å². The average Bonchev–Trinajstić information content (AvgIpc) is 2.60. The van der Waals surface area contributed by atoms with Gasteiger partial charge in [-0.25, -0.2) is 4.98 Å². The van der Waals surface area contributed by atoms with Gasteiger partial charge < -0.3 is 9.67 Å². The first kappa shape index (κ1) is 9.45. The zero-order valence-corrected chi connectivity index (χ0v) is 8.21. The van der Waals surface area contributed by atoms with Crippen LogP contribution in [0.5, 0.6) is 5.75 Å². The summed E-state index contributed by atoms with van der Waals surface area (Å²) in [6.45, 7) is 0. The summed E-state index contributed by atoms with van der Waals surface area (Å²) < 4.78 is 1.62. The van der Waals surface area contributed by atoms with Crippen LogP contribution in [-0.4, -0.2) is 20.9 Å². The van der Waals surface area contributed by atoms with Crippen molar-refractivity contribution in [2.24, 2.45) is 7.05 Å². The van der Waals surface area contributed by atoms with Crippen molar-refractivity contribution in [2.45, 2.75) is 0 Å². The molecule has 2 aromatic rings. The number of hydrogen-bond donors (Lipinski definition) is 1. The van der Waals surface area contributed by atoms with Gasteiger partial charge in [0.05, 0.1) is 5.69 Å². The van der Waals surface area contributed by atoms with Crippen molar-refractivity contribution in [3.63, 3.8) is 0 Å². The number of nitrogens with zero attached hydrogens (tertiary/aromatic N) is 2. The minimum absolute atomic E-state index is 0.160. The number of carbonyl (C=O) groups is 1. The maximum atomic E-state index is 10.6. The van der Waals surface area contributed by atoms with Crippen molar-refractivity contribution in [2.75, 3.05) is 0 Å². The fourth-order valence-electron chi connectivity index (χ4n) is 1.41. The van der Waals surface area contributed by atoms with Crippen LogP contribution in [0.2, 0.25) is 0 Å². The highest BCUT2D eigenvalue weighted by Gasteiger charge is 2.09. The number of para-hydroxylation sites is 1. The van der Waals surface area contributed by atoms with E-state index >= 15 is 0 Å². The molecule has 4 heteroatoms. The molecule has 2 rings (SSSR count). The van der Waals surface area contributed by atoms with E-state index in [1.165, 1.54) is 0 Å². The highest BCUT2D eigenvalue weighted by atomic mass is 16.3. The first-order valence-electron chi connectivity index (χ1n) is 4.49. The van der Waals surface area contributed by atoms with Crippen LogP contribution in [0.3, 0.4) is 0 Å². The van der Waals surface area contributed by atoms with Gasteiger partial charge >= 0.3 is 0 Å². The molecule has 76 valence electrons. The molecule has 0 saturated heterocycles. The summed E-state index contributed by atoms with van der Waals surface area (Å²) in [5.41, 5.74) is 1.22. The lowest BCUT2D eigenvalue weighted by molar-refractivity contribution is 0.111.